The fraction of sp³-hybridized carbons (Fsp3) is 0.464. The molecular weight excluding hydrogens is 444 g/mol. The molecule has 2 aromatic rings. The van der Waals surface area contributed by atoms with Crippen LogP contribution in [-0.4, -0.2) is 53.2 Å². The summed E-state index contributed by atoms with van der Waals surface area (Å²) in [5, 5.41) is 12.0. The van der Waals surface area contributed by atoms with Crippen molar-refractivity contribution in [2.24, 2.45) is 5.92 Å². The predicted molar refractivity (Wildman–Crippen MR) is 133 cm³/mol. The van der Waals surface area contributed by atoms with Crippen LogP contribution in [0.25, 0.3) is 11.1 Å². The van der Waals surface area contributed by atoms with Crippen molar-refractivity contribution in [3.05, 3.63) is 59.7 Å². The van der Waals surface area contributed by atoms with Crippen molar-refractivity contribution in [1.29, 1.82) is 0 Å². The Morgan fingerprint density at radius 2 is 1.66 bits per heavy atom. The number of hydrogen-bond acceptors (Lipinski definition) is 4. The number of carboxylic acid groups (broad SMARTS) is 1. The number of carboxylic acids is 1. The molecule has 0 heterocycles. The van der Waals surface area contributed by atoms with Crippen molar-refractivity contribution in [3.8, 4) is 11.1 Å². The van der Waals surface area contributed by atoms with Gasteiger partial charge in [0, 0.05) is 19.0 Å². The van der Waals surface area contributed by atoms with Crippen LogP contribution in [0.3, 0.4) is 0 Å². The summed E-state index contributed by atoms with van der Waals surface area (Å²) in [5.41, 5.74) is 3.39. The molecule has 186 valence electrons. The average molecular weight is 479 g/mol. The van der Waals surface area contributed by atoms with Crippen molar-refractivity contribution in [1.82, 2.24) is 10.2 Å². The van der Waals surface area contributed by atoms with Crippen molar-refractivity contribution in [2.45, 2.75) is 57.4 Å². The number of nitrogens with one attached hydrogen (secondary N) is 1. The SMILES string of the molecule is CCCC(C)(NC(=O)OCC1c2ccccc2-c2ccccc21)C(=O)N(CCC(=O)O)CC1CC1. The van der Waals surface area contributed by atoms with Crippen LogP contribution in [0.2, 0.25) is 0 Å². The summed E-state index contributed by atoms with van der Waals surface area (Å²) in [4.78, 5) is 39.2. The fourth-order valence-corrected chi connectivity index (χ4v) is 5.05. The molecule has 1 fully saturated rings. The maximum Gasteiger partial charge on any atom is 0.408 e. The van der Waals surface area contributed by atoms with E-state index in [0.29, 0.717) is 25.3 Å². The Balaban J connectivity index is 1.45. The highest BCUT2D eigenvalue weighted by Gasteiger charge is 2.40. The third-order valence-corrected chi connectivity index (χ3v) is 7.00. The van der Waals surface area contributed by atoms with Crippen LogP contribution in [0.1, 0.15) is 63.0 Å². The van der Waals surface area contributed by atoms with E-state index in [1.54, 1.807) is 11.8 Å². The van der Waals surface area contributed by atoms with E-state index in [2.05, 4.69) is 29.6 Å². The van der Waals surface area contributed by atoms with Gasteiger partial charge in [0.25, 0.3) is 0 Å². The number of carbonyl (C=O) groups is 3. The highest BCUT2D eigenvalue weighted by Crippen LogP contribution is 2.44. The normalized spacial score (nSPS) is 16.1. The number of ether oxygens (including phenoxy) is 1. The number of rotatable bonds is 11. The third-order valence-electron chi connectivity index (χ3n) is 7.00. The van der Waals surface area contributed by atoms with E-state index < -0.39 is 17.6 Å². The minimum absolute atomic E-state index is 0.0665. The lowest BCUT2D eigenvalue weighted by atomic mass is 9.94. The molecule has 2 aromatic carbocycles. The van der Waals surface area contributed by atoms with E-state index >= 15 is 0 Å². The second-order valence-corrected chi connectivity index (χ2v) is 9.87. The zero-order valence-corrected chi connectivity index (χ0v) is 20.5. The molecule has 2 amide bonds. The lowest BCUT2D eigenvalue weighted by Crippen LogP contribution is -2.58. The summed E-state index contributed by atoms with van der Waals surface area (Å²) in [7, 11) is 0. The Kier molecular flexibility index (Phi) is 7.43. The second kappa shape index (κ2) is 10.5. The molecule has 1 saturated carbocycles. The maximum absolute atomic E-state index is 13.5. The van der Waals surface area contributed by atoms with E-state index in [9.17, 15) is 14.4 Å². The van der Waals surface area contributed by atoms with Crippen LogP contribution in [0.4, 0.5) is 4.79 Å². The second-order valence-electron chi connectivity index (χ2n) is 9.87. The first-order valence-corrected chi connectivity index (χ1v) is 12.5. The molecule has 7 heteroatoms. The number of alkyl carbamates (subject to hydrolysis) is 1. The summed E-state index contributed by atoms with van der Waals surface area (Å²) in [6, 6.07) is 16.3. The number of aliphatic carboxylic acids is 1. The van der Waals surface area contributed by atoms with E-state index in [4.69, 9.17) is 9.84 Å². The van der Waals surface area contributed by atoms with Crippen molar-refractivity contribution < 1.29 is 24.2 Å². The van der Waals surface area contributed by atoms with Crippen molar-refractivity contribution in [3.63, 3.8) is 0 Å². The molecule has 0 radical (unpaired) electrons. The Morgan fingerprint density at radius 1 is 1.06 bits per heavy atom. The Bertz CT molecular complexity index is 1050. The molecule has 4 rings (SSSR count). The van der Waals surface area contributed by atoms with Crippen molar-refractivity contribution in [2.75, 3.05) is 19.7 Å². The molecule has 0 aliphatic heterocycles. The summed E-state index contributed by atoms with van der Waals surface area (Å²) in [6.45, 7) is 4.49. The van der Waals surface area contributed by atoms with E-state index in [1.807, 2.05) is 31.2 Å². The largest absolute Gasteiger partial charge is 0.481 e. The average Bonchev–Trinajstić information content (AvgIpc) is 3.60. The van der Waals surface area contributed by atoms with Gasteiger partial charge in [0.15, 0.2) is 0 Å². The van der Waals surface area contributed by atoms with Gasteiger partial charge in [-0.25, -0.2) is 4.79 Å². The van der Waals surface area contributed by atoms with Crippen LogP contribution >= 0.6 is 0 Å². The first-order chi connectivity index (χ1) is 16.8. The molecule has 1 unspecified atom stereocenters. The monoisotopic (exact) mass is 478 g/mol. The molecule has 1 atom stereocenters. The van der Waals surface area contributed by atoms with Gasteiger partial charge >= 0.3 is 12.1 Å². The zero-order valence-electron chi connectivity index (χ0n) is 20.5. The summed E-state index contributed by atoms with van der Waals surface area (Å²) < 4.78 is 5.69. The van der Waals surface area contributed by atoms with Gasteiger partial charge in [0.1, 0.15) is 12.1 Å². The Morgan fingerprint density at radius 3 is 2.20 bits per heavy atom. The van der Waals surface area contributed by atoms with Gasteiger partial charge in [-0.2, -0.15) is 0 Å². The zero-order chi connectivity index (χ0) is 25.0. The van der Waals surface area contributed by atoms with Gasteiger partial charge in [-0.15, -0.1) is 0 Å². The molecule has 0 saturated heterocycles. The van der Waals surface area contributed by atoms with Gasteiger partial charge in [0.2, 0.25) is 5.91 Å². The molecule has 0 bridgehead atoms. The van der Waals surface area contributed by atoms with E-state index in [-0.39, 0.29) is 31.4 Å². The highest BCUT2D eigenvalue weighted by molar-refractivity contribution is 5.90. The third kappa shape index (κ3) is 5.66. The number of nitrogens with zero attached hydrogens (tertiary/aromatic N) is 1. The first-order valence-electron chi connectivity index (χ1n) is 12.5. The molecule has 2 aliphatic carbocycles. The van der Waals surface area contributed by atoms with E-state index in [1.165, 1.54) is 0 Å². The van der Waals surface area contributed by atoms with Crippen LogP contribution in [0.5, 0.6) is 0 Å². The Labute approximate surface area is 206 Å². The van der Waals surface area contributed by atoms with E-state index in [0.717, 1.165) is 35.1 Å². The number of fused-ring (bicyclic) bond motifs is 3. The van der Waals surface area contributed by atoms with Gasteiger partial charge in [-0.3, -0.25) is 9.59 Å². The van der Waals surface area contributed by atoms with Crippen molar-refractivity contribution >= 4 is 18.0 Å². The highest BCUT2D eigenvalue weighted by atomic mass is 16.5. The molecule has 7 nitrogen and oxygen atoms in total. The minimum Gasteiger partial charge on any atom is -0.481 e. The number of hydrogen-bond donors (Lipinski definition) is 2. The maximum atomic E-state index is 13.5. The van der Waals surface area contributed by atoms with Crippen LogP contribution < -0.4 is 5.32 Å². The molecule has 0 aromatic heterocycles. The summed E-state index contributed by atoms with van der Waals surface area (Å²) >= 11 is 0. The Hall–Kier alpha value is -3.35. The van der Waals surface area contributed by atoms with Crippen LogP contribution in [0, 0.1) is 5.92 Å². The van der Waals surface area contributed by atoms with Gasteiger partial charge < -0.3 is 20.1 Å². The molecule has 2 aliphatic rings. The topological polar surface area (TPSA) is 95.9 Å². The van der Waals surface area contributed by atoms with Gasteiger partial charge in [0.05, 0.1) is 6.42 Å². The molecule has 2 N–H and O–H groups in total. The minimum atomic E-state index is -1.16. The molecular formula is C28H34N2O5. The summed E-state index contributed by atoms with van der Waals surface area (Å²) in [5.74, 6) is -0.849. The van der Waals surface area contributed by atoms with Crippen LogP contribution in [-0.2, 0) is 14.3 Å². The van der Waals surface area contributed by atoms with Crippen LogP contribution in [0.15, 0.2) is 48.5 Å². The smallest absolute Gasteiger partial charge is 0.408 e. The fourth-order valence-electron chi connectivity index (χ4n) is 5.05. The predicted octanol–water partition coefficient (Wildman–Crippen LogP) is 4.80. The lowest BCUT2D eigenvalue weighted by Gasteiger charge is -2.35. The summed E-state index contributed by atoms with van der Waals surface area (Å²) in [6.07, 6.45) is 2.45. The first kappa shape index (κ1) is 24.8. The number of carbonyl (C=O) groups excluding carboxylic acids is 2. The van der Waals surface area contributed by atoms with Gasteiger partial charge in [-0.05, 0) is 54.4 Å². The van der Waals surface area contributed by atoms with Gasteiger partial charge in [-0.1, -0.05) is 61.9 Å². The number of benzene rings is 2. The molecule has 35 heavy (non-hydrogen) atoms. The lowest BCUT2D eigenvalue weighted by molar-refractivity contribution is -0.141. The molecule has 0 spiro atoms. The standard InChI is InChI=1S/C28H34N2O5/c1-3-15-28(2,26(33)30(16-14-25(31)32)17-19-12-13-19)29-27(34)35-18-24-22-10-6-4-8-20(22)21-9-5-7-11-23(21)24/h4-11,19,24H,3,12-18H2,1-2H3,(H,29,34)(H,31,32). The number of amides is 2. The quantitative estimate of drug-likeness (QED) is 0.484.